The average Bonchev–Trinajstić information content (AvgIpc) is 1.63. The van der Waals surface area contributed by atoms with Gasteiger partial charge in [0, 0.05) is 0 Å². The zero-order valence-electron chi connectivity index (χ0n) is 4.78. The Kier molecular flexibility index (Phi) is 3.54. The molecule has 0 heterocycles. The van der Waals surface area contributed by atoms with Gasteiger partial charge in [-0.1, -0.05) is 5.18 Å². The fourth-order valence-electron chi connectivity index (χ4n) is 0.383. The second-order valence-corrected chi connectivity index (χ2v) is 1.64. The van der Waals surface area contributed by atoms with E-state index in [4.69, 9.17) is 5.11 Å². The van der Waals surface area contributed by atoms with Crippen LogP contribution in [0.5, 0.6) is 0 Å². The lowest BCUT2D eigenvalue weighted by molar-refractivity contribution is -0.119. The Morgan fingerprint density at radius 3 is 2.67 bits per heavy atom. The molecule has 0 aliphatic heterocycles. The van der Waals surface area contributed by atoms with Crippen LogP contribution < -0.4 is 5.73 Å². The van der Waals surface area contributed by atoms with Gasteiger partial charge >= 0.3 is 0 Å². The molecular formula is C4H8N2O3. The van der Waals surface area contributed by atoms with Gasteiger partial charge in [0.2, 0.25) is 5.91 Å². The van der Waals surface area contributed by atoms with Crippen LogP contribution >= 0.6 is 0 Å². The van der Waals surface area contributed by atoms with E-state index in [2.05, 4.69) is 10.9 Å². The predicted molar refractivity (Wildman–Crippen MR) is 30.5 cm³/mol. The topological polar surface area (TPSA) is 92.8 Å². The summed E-state index contributed by atoms with van der Waals surface area (Å²) in [6.07, 6.45) is -1.22. The van der Waals surface area contributed by atoms with Crippen molar-refractivity contribution in [3.63, 3.8) is 0 Å². The number of hydrogen-bond acceptors (Lipinski definition) is 4. The van der Waals surface area contributed by atoms with E-state index in [9.17, 15) is 9.70 Å². The minimum atomic E-state index is -1.01. The number of hydrogen-bond donors (Lipinski definition) is 2. The summed E-state index contributed by atoms with van der Waals surface area (Å²) >= 11 is 0. The first-order valence-electron chi connectivity index (χ1n) is 2.42. The van der Waals surface area contributed by atoms with Gasteiger partial charge < -0.3 is 10.8 Å². The summed E-state index contributed by atoms with van der Waals surface area (Å²) in [7, 11) is 0. The van der Waals surface area contributed by atoms with Gasteiger partial charge in [0.15, 0.2) is 0 Å². The number of amides is 1. The molecule has 0 spiro atoms. The molecule has 0 aromatic carbocycles. The van der Waals surface area contributed by atoms with Crippen molar-refractivity contribution in [2.45, 2.75) is 12.5 Å². The number of nitroso groups, excluding NO2 is 1. The fraction of sp³-hybridized carbons (Fsp3) is 0.750. The molecule has 0 radical (unpaired) electrons. The molecule has 1 amide bonds. The number of nitrogens with two attached hydrogens (primary N) is 1. The highest BCUT2D eigenvalue weighted by molar-refractivity contribution is 5.74. The molecule has 5 nitrogen and oxygen atoms in total. The second kappa shape index (κ2) is 3.96. The largest absolute Gasteiger partial charge is 0.391 e. The van der Waals surface area contributed by atoms with Crippen LogP contribution in [0.15, 0.2) is 5.18 Å². The Morgan fingerprint density at radius 1 is 1.78 bits per heavy atom. The fourth-order valence-corrected chi connectivity index (χ4v) is 0.383. The minimum Gasteiger partial charge on any atom is -0.391 e. The van der Waals surface area contributed by atoms with Crippen LogP contribution in [-0.4, -0.2) is 23.7 Å². The average molecular weight is 132 g/mol. The summed E-state index contributed by atoms with van der Waals surface area (Å²) in [6, 6.07) is 0. The minimum absolute atomic E-state index is 0.203. The highest BCUT2D eigenvalue weighted by atomic mass is 16.3. The van der Waals surface area contributed by atoms with E-state index < -0.39 is 12.0 Å². The van der Waals surface area contributed by atoms with Crippen LogP contribution in [0, 0.1) is 4.91 Å². The number of carbonyl (C=O) groups excluding carboxylic acids is 1. The third kappa shape index (κ3) is 4.89. The van der Waals surface area contributed by atoms with Crippen molar-refractivity contribution in [3.05, 3.63) is 4.91 Å². The van der Waals surface area contributed by atoms with Crippen LogP contribution in [0.4, 0.5) is 0 Å². The Bertz CT molecular complexity index is 114. The molecule has 5 heteroatoms. The molecule has 0 aliphatic carbocycles. The Balaban J connectivity index is 3.37. The summed E-state index contributed by atoms with van der Waals surface area (Å²) in [4.78, 5) is 19.4. The first-order chi connectivity index (χ1) is 4.16. The van der Waals surface area contributed by atoms with Crippen molar-refractivity contribution in [1.29, 1.82) is 0 Å². The molecule has 0 fully saturated rings. The lowest BCUT2D eigenvalue weighted by atomic mass is 10.2. The van der Waals surface area contributed by atoms with Crippen molar-refractivity contribution < 1.29 is 9.90 Å². The SMILES string of the molecule is NC(=O)CC(O)CN=O. The standard InChI is InChI=1S/C4H8N2O3/c5-4(8)1-3(7)2-6-9/h3,7H,1-2H2,(H2,5,8). The molecule has 3 N–H and O–H groups in total. The van der Waals surface area contributed by atoms with Gasteiger partial charge in [-0.3, -0.25) is 4.79 Å². The molecule has 9 heavy (non-hydrogen) atoms. The predicted octanol–water partition coefficient (Wildman–Crippen LogP) is -1.01. The highest BCUT2D eigenvalue weighted by Gasteiger charge is 2.06. The van der Waals surface area contributed by atoms with Crippen molar-refractivity contribution >= 4 is 5.91 Å². The molecule has 0 saturated heterocycles. The summed E-state index contributed by atoms with van der Waals surface area (Å²) in [6.45, 7) is -0.275. The maximum absolute atomic E-state index is 10.0. The number of aliphatic hydroxyl groups excluding tert-OH is 1. The third-order valence-electron chi connectivity index (χ3n) is 0.722. The first-order valence-corrected chi connectivity index (χ1v) is 2.42. The summed E-state index contributed by atoms with van der Waals surface area (Å²) in [5, 5.41) is 11.0. The molecule has 0 aromatic heterocycles. The maximum Gasteiger partial charge on any atom is 0.220 e. The van der Waals surface area contributed by atoms with Crippen molar-refractivity contribution in [3.8, 4) is 0 Å². The number of nitrogens with zero attached hydrogens (tertiary/aromatic N) is 1. The molecule has 0 saturated carbocycles. The maximum atomic E-state index is 10.0. The van der Waals surface area contributed by atoms with Gasteiger partial charge in [-0.25, -0.2) is 0 Å². The number of carbonyl (C=O) groups is 1. The summed E-state index contributed by atoms with van der Waals surface area (Å²) in [5.74, 6) is -0.633. The van der Waals surface area contributed by atoms with E-state index in [1.54, 1.807) is 0 Å². The van der Waals surface area contributed by atoms with E-state index in [0.717, 1.165) is 0 Å². The van der Waals surface area contributed by atoms with Gasteiger partial charge in [0.05, 0.1) is 12.5 Å². The van der Waals surface area contributed by atoms with Gasteiger partial charge in [0.1, 0.15) is 6.54 Å². The van der Waals surface area contributed by atoms with Crippen LogP contribution in [-0.2, 0) is 4.79 Å². The number of rotatable bonds is 4. The lowest BCUT2D eigenvalue weighted by Gasteiger charge is -1.99. The molecular weight excluding hydrogens is 124 g/mol. The van der Waals surface area contributed by atoms with Gasteiger partial charge in [-0.2, -0.15) is 4.91 Å². The number of aliphatic hydroxyl groups is 1. The van der Waals surface area contributed by atoms with Gasteiger partial charge in [-0.15, -0.1) is 0 Å². The first kappa shape index (κ1) is 8.03. The lowest BCUT2D eigenvalue weighted by Crippen LogP contribution is -2.21. The third-order valence-corrected chi connectivity index (χ3v) is 0.722. The van der Waals surface area contributed by atoms with E-state index in [1.165, 1.54) is 0 Å². The zero-order valence-corrected chi connectivity index (χ0v) is 4.78. The molecule has 1 unspecified atom stereocenters. The molecule has 0 aromatic rings. The Morgan fingerprint density at radius 2 is 2.33 bits per heavy atom. The smallest absolute Gasteiger partial charge is 0.220 e. The normalized spacial score (nSPS) is 12.6. The van der Waals surface area contributed by atoms with E-state index in [0.29, 0.717) is 0 Å². The van der Waals surface area contributed by atoms with Crippen molar-refractivity contribution in [1.82, 2.24) is 0 Å². The van der Waals surface area contributed by atoms with E-state index >= 15 is 0 Å². The summed E-state index contributed by atoms with van der Waals surface area (Å²) < 4.78 is 0. The quantitative estimate of drug-likeness (QED) is 0.480. The van der Waals surface area contributed by atoms with Crippen molar-refractivity contribution in [2.24, 2.45) is 10.9 Å². The molecule has 1 atom stereocenters. The van der Waals surface area contributed by atoms with Crippen LogP contribution in [0.25, 0.3) is 0 Å². The molecule has 0 rings (SSSR count). The summed E-state index contributed by atoms with van der Waals surface area (Å²) in [5.41, 5.74) is 4.68. The highest BCUT2D eigenvalue weighted by Crippen LogP contribution is 1.89. The van der Waals surface area contributed by atoms with Crippen LogP contribution in [0.2, 0.25) is 0 Å². The second-order valence-electron chi connectivity index (χ2n) is 1.64. The van der Waals surface area contributed by atoms with Gasteiger partial charge in [-0.05, 0) is 0 Å². The van der Waals surface area contributed by atoms with E-state index in [-0.39, 0.29) is 13.0 Å². The van der Waals surface area contributed by atoms with Crippen LogP contribution in [0.3, 0.4) is 0 Å². The van der Waals surface area contributed by atoms with Gasteiger partial charge in [0.25, 0.3) is 0 Å². The molecule has 0 aliphatic rings. The number of primary amides is 1. The van der Waals surface area contributed by atoms with Crippen LogP contribution in [0.1, 0.15) is 6.42 Å². The van der Waals surface area contributed by atoms with Crippen molar-refractivity contribution in [2.75, 3.05) is 6.54 Å². The molecule has 52 valence electrons. The monoisotopic (exact) mass is 132 g/mol. The Hall–Kier alpha value is -0.970. The zero-order chi connectivity index (χ0) is 7.28. The Labute approximate surface area is 51.8 Å². The van der Waals surface area contributed by atoms with E-state index in [1.807, 2.05) is 0 Å². The molecule has 0 bridgehead atoms.